The highest BCUT2D eigenvalue weighted by atomic mass is 32.2. The molecule has 1 atom stereocenters. The van der Waals surface area contributed by atoms with Crippen LogP contribution in [0.15, 0.2) is 89.8 Å². The monoisotopic (exact) mass is 407 g/mol. The zero-order chi connectivity index (χ0) is 21.0. The minimum absolute atomic E-state index is 0.0120. The van der Waals surface area contributed by atoms with Gasteiger partial charge >= 0.3 is 0 Å². The number of amides is 1. The van der Waals surface area contributed by atoms with Gasteiger partial charge in [-0.3, -0.25) is 4.79 Å². The zero-order valence-corrected chi connectivity index (χ0v) is 17.6. The smallest absolute Gasteiger partial charge is 0.234 e. The van der Waals surface area contributed by atoms with Gasteiger partial charge in [-0.2, -0.15) is 0 Å². The molecule has 3 rings (SSSR count). The van der Waals surface area contributed by atoms with Gasteiger partial charge in [0.1, 0.15) is 0 Å². The molecular weight excluding hydrogens is 382 g/mol. The molecular formula is C24H25NO3S. The first-order chi connectivity index (χ1) is 13.8. The van der Waals surface area contributed by atoms with Crippen molar-refractivity contribution in [3.05, 3.63) is 102 Å². The fraction of sp³-hybridized carbons (Fsp3) is 0.208. The maximum atomic E-state index is 13.5. The molecule has 1 amide bonds. The lowest BCUT2D eigenvalue weighted by atomic mass is 9.89. The Hall–Kier alpha value is -2.92. The second-order valence-electron chi connectivity index (χ2n) is 7.22. The molecule has 0 bridgehead atoms. The standard InChI is InChI=1S/C24H25NO3S/c1-18(19-14-16-22(17-15-19)29(3,27)28)25(2)24(26)23(20-10-6-4-7-11-20)21-12-8-5-9-13-21/h4-18,23H,1-3H3/t18-/m1/s1. The molecule has 0 saturated heterocycles. The predicted octanol–water partition coefficient (Wildman–Crippen LogP) is 4.44. The van der Waals surface area contributed by atoms with Crippen LogP contribution < -0.4 is 0 Å². The van der Waals surface area contributed by atoms with Gasteiger partial charge in [0.25, 0.3) is 0 Å². The van der Waals surface area contributed by atoms with E-state index in [0.717, 1.165) is 16.7 Å². The highest BCUT2D eigenvalue weighted by Gasteiger charge is 2.28. The van der Waals surface area contributed by atoms with Crippen molar-refractivity contribution in [1.29, 1.82) is 0 Å². The lowest BCUT2D eigenvalue weighted by Gasteiger charge is -2.30. The van der Waals surface area contributed by atoms with Crippen LogP contribution in [0.3, 0.4) is 0 Å². The molecule has 0 saturated carbocycles. The summed E-state index contributed by atoms with van der Waals surface area (Å²) >= 11 is 0. The summed E-state index contributed by atoms with van der Waals surface area (Å²) in [7, 11) is -1.46. The third kappa shape index (κ3) is 4.74. The average molecular weight is 408 g/mol. The number of benzene rings is 3. The Balaban J connectivity index is 1.91. The molecule has 3 aromatic carbocycles. The van der Waals surface area contributed by atoms with E-state index in [9.17, 15) is 13.2 Å². The second kappa shape index (κ2) is 8.62. The molecule has 0 aromatic heterocycles. The normalized spacial score (nSPS) is 12.6. The van der Waals surface area contributed by atoms with Crippen LogP contribution >= 0.6 is 0 Å². The van der Waals surface area contributed by atoms with Gasteiger partial charge in [0.2, 0.25) is 5.91 Å². The molecule has 0 radical (unpaired) electrons. The topological polar surface area (TPSA) is 54.5 Å². The summed E-state index contributed by atoms with van der Waals surface area (Å²) in [6.45, 7) is 1.94. The van der Waals surface area contributed by atoms with Crippen molar-refractivity contribution in [2.75, 3.05) is 13.3 Å². The van der Waals surface area contributed by atoms with Gasteiger partial charge < -0.3 is 4.90 Å². The Labute approximate surface area is 172 Å². The van der Waals surface area contributed by atoms with E-state index in [4.69, 9.17) is 0 Å². The summed E-state index contributed by atoms with van der Waals surface area (Å²) in [5, 5.41) is 0. The largest absolute Gasteiger partial charge is 0.338 e. The van der Waals surface area contributed by atoms with Crippen molar-refractivity contribution >= 4 is 15.7 Å². The summed E-state index contributed by atoms with van der Waals surface area (Å²) in [6.07, 6.45) is 1.19. The molecule has 0 fully saturated rings. The minimum atomic E-state index is -3.25. The van der Waals surface area contributed by atoms with E-state index in [0.29, 0.717) is 0 Å². The first-order valence-electron chi connectivity index (χ1n) is 9.45. The van der Waals surface area contributed by atoms with Crippen LogP contribution in [0.1, 0.15) is 35.6 Å². The summed E-state index contributed by atoms with van der Waals surface area (Å²) < 4.78 is 23.4. The Morgan fingerprint density at radius 3 is 1.62 bits per heavy atom. The van der Waals surface area contributed by atoms with Crippen LogP contribution in [0, 0.1) is 0 Å². The predicted molar refractivity (Wildman–Crippen MR) is 115 cm³/mol. The number of carbonyl (C=O) groups excluding carboxylic acids is 1. The summed E-state index contributed by atoms with van der Waals surface area (Å²) in [6, 6.07) is 26.0. The van der Waals surface area contributed by atoms with E-state index in [-0.39, 0.29) is 16.8 Å². The Morgan fingerprint density at radius 2 is 1.21 bits per heavy atom. The van der Waals surface area contributed by atoms with Crippen LogP contribution in [0.25, 0.3) is 0 Å². The highest BCUT2D eigenvalue weighted by Crippen LogP contribution is 2.30. The van der Waals surface area contributed by atoms with E-state index < -0.39 is 15.8 Å². The van der Waals surface area contributed by atoms with Crippen LogP contribution in [0.4, 0.5) is 0 Å². The number of sulfone groups is 1. The molecule has 0 aliphatic rings. The number of nitrogens with zero attached hydrogens (tertiary/aromatic N) is 1. The van der Waals surface area contributed by atoms with E-state index in [1.165, 1.54) is 6.26 Å². The Kier molecular flexibility index (Phi) is 6.18. The Bertz CT molecular complexity index is 1020. The lowest BCUT2D eigenvalue weighted by molar-refractivity contribution is -0.132. The van der Waals surface area contributed by atoms with Crippen LogP contribution in [-0.4, -0.2) is 32.5 Å². The van der Waals surface area contributed by atoms with Crippen molar-refractivity contribution in [2.24, 2.45) is 0 Å². The van der Waals surface area contributed by atoms with Crippen LogP contribution in [0.5, 0.6) is 0 Å². The summed E-state index contributed by atoms with van der Waals surface area (Å²) in [4.78, 5) is 15.5. The molecule has 150 valence electrons. The van der Waals surface area contributed by atoms with E-state index in [2.05, 4.69) is 0 Å². The van der Waals surface area contributed by atoms with E-state index >= 15 is 0 Å². The van der Waals surface area contributed by atoms with Gasteiger partial charge in [0, 0.05) is 13.3 Å². The van der Waals surface area contributed by atoms with Crippen molar-refractivity contribution in [1.82, 2.24) is 4.90 Å². The van der Waals surface area contributed by atoms with E-state index in [1.54, 1.807) is 36.2 Å². The number of hydrogen-bond donors (Lipinski definition) is 0. The number of hydrogen-bond acceptors (Lipinski definition) is 3. The number of likely N-dealkylation sites (N-methyl/N-ethyl adjacent to an activating group) is 1. The number of carbonyl (C=O) groups is 1. The molecule has 0 N–H and O–H groups in total. The van der Waals surface area contributed by atoms with Crippen molar-refractivity contribution in [3.63, 3.8) is 0 Å². The lowest BCUT2D eigenvalue weighted by Crippen LogP contribution is -2.34. The third-order valence-corrected chi connectivity index (χ3v) is 6.36. The maximum Gasteiger partial charge on any atom is 0.234 e. The van der Waals surface area contributed by atoms with Gasteiger partial charge in [-0.1, -0.05) is 72.8 Å². The SMILES string of the molecule is C[C@H](c1ccc(S(C)(=O)=O)cc1)N(C)C(=O)C(c1ccccc1)c1ccccc1. The summed E-state index contributed by atoms with van der Waals surface area (Å²) in [5.41, 5.74) is 2.76. The first kappa shape index (κ1) is 20.8. The molecule has 0 aliphatic heterocycles. The van der Waals surface area contributed by atoms with Gasteiger partial charge in [-0.15, -0.1) is 0 Å². The van der Waals surface area contributed by atoms with Crippen molar-refractivity contribution in [3.8, 4) is 0 Å². The number of rotatable bonds is 6. The third-order valence-electron chi connectivity index (χ3n) is 5.23. The molecule has 5 heteroatoms. The first-order valence-corrected chi connectivity index (χ1v) is 11.3. The van der Waals surface area contributed by atoms with Crippen LogP contribution in [0.2, 0.25) is 0 Å². The van der Waals surface area contributed by atoms with Gasteiger partial charge in [-0.25, -0.2) is 8.42 Å². The van der Waals surface area contributed by atoms with Crippen LogP contribution in [-0.2, 0) is 14.6 Å². The molecule has 3 aromatic rings. The molecule has 0 spiro atoms. The molecule has 0 unspecified atom stereocenters. The molecule has 0 aliphatic carbocycles. The minimum Gasteiger partial charge on any atom is -0.338 e. The fourth-order valence-corrected chi connectivity index (χ4v) is 4.01. The molecule has 0 heterocycles. The molecule has 4 nitrogen and oxygen atoms in total. The van der Waals surface area contributed by atoms with Crippen molar-refractivity contribution in [2.45, 2.75) is 23.8 Å². The maximum absolute atomic E-state index is 13.5. The molecule has 29 heavy (non-hydrogen) atoms. The zero-order valence-electron chi connectivity index (χ0n) is 16.8. The second-order valence-corrected chi connectivity index (χ2v) is 9.24. The van der Waals surface area contributed by atoms with Crippen molar-refractivity contribution < 1.29 is 13.2 Å². The highest BCUT2D eigenvalue weighted by molar-refractivity contribution is 7.90. The van der Waals surface area contributed by atoms with Gasteiger partial charge in [-0.05, 0) is 35.7 Å². The van der Waals surface area contributed by atoms with E-state index in [1.807, 2.05) is 67.6 Å². The average Bonchev–Trinajstić information content (AvgIpc) is 2.74. The van der Waals surface area contributed by atoms with Gasteiger partial charge in [0.15, 0.2) is 9.84 Å². The Morgan fingerprint density at radius 1 is 0.759 bits per heavy atom. The quantitative estimate of drug-likeness (QED) is 0.607. The van der Waals surface area contributed by atoms with Gasteiger partial charge in [0.05, 0.1) is 16.9 Å². The summed E-state index contributed by atoms with van der Waals surface area (Å²) in [5.74, 6) is -0.415. The fourth-order valence-electron chi connectivity index (χ4n) is 3.38.